The van der Waals surface area contributed by atoms with Gasteiger partial charge in [-0.3, -0.25) is 0 Å². The summed E-state index contributed by atoms with van der Waals surface area (Å²) in [7, 11) is 1.48. The van der Waals surface area contributed by atoms with Crippen molar-refractivity contribution in [2.24, 2.45) is 0 Å². The van der Waals surface area contributed by atoms with Crippen LogP contribution in [0.2, 0.25) is 0 Å². The number of rotatable bonds is 4. The fourth-order valence-electron chi connectivity index (χ4n) is 0.448. The lowest BCUT2D eigenvalue weighted by Crippen LogP contribution is -2.14. The molecular formula is C6H11NO3. The zero-order valence-corrected chi connectivity index (χ0v) is 6.05. The van der Waals surface area contributed by atoms with Gasteiger partial charge in [-0.15, -0.1) is 0 Å². The first-order valence-electron chi connectivity index (χ1n) is 2.82. The van der Waals surface area contributed by atoms with Crippen LogP contribution in [0.5, 0.6) is 0 Å². The molecule has 0 saturated carbocycles. The molecule has 0 heterocycles. The number of nitrogens with one attached hydrogen (secondary N) is 1. The van der Waals surface area contributed by atoms with Crippen LogP contribution in [-0.4, -0.2) is 24.7 Å². The Morgan fingerprint density at radius 2 is 2.40 bits per heavy atom. The SMILES string of the molecule is CONCC(C)=CC(=O)O. The molecule has 2 N–H and O–H groups in total. The van der Waals surface area contributed by atoms with Gasteiger partial charge in [0.15, 0.2) is 0 Å². The predicted molar refractivity (Wildman–Crippen MR) is 36.4 cm³/mol. The summed E-state index contributed by atoms with van der Waals surface area (Å²) in [5, 5.41) is 8.24. The number of carboxylic acids is 1. The Balaban J connectivity index is 3.60. The van der Waals surface area contributed by atoms with Gasteiger partial charge in [0.25, 0.3) is 0 Å². The first kappa shape index (κ1) is 9.13. The van der Waals surface area contributed by atoms with Crippen LogP contribution in [0, 0.1) is 0 Å². The summed E-state index contributed by atoms with van der Waals surface area (Å²) in [5.41, 5.74) is 3.24. The van der Waals surface area contributed by atoms with E-state index in [1.54, 1.807) is 6.92 Å². The molecule has 4 heteroatoms. The number of hydrogen-bond acceptors (Lipinski definition) is 3. The third-order valence-electron chi connectivity index (χ3n) is 0.865. The van der Waals surface area contributed by atoms with Crippen molar-refractivity contribution in [2.75, 3.05) is 13.7 Å². The highest BCUT2D eigenvalue weighted by Gasteiger charge is 1.91. The van der Waals surface area contributed by atoms with Crippen molar-refractivity contribution in [1.82, 2.24) is 5.48 Å². The second-order valence-corrected chi connectivity index (χ2v) is 1.85. The van der Waals surface area contributed by atoms with E-state index in [0.29, 0.717) is 12.1 Å². The largest absolute Gasteiger partial charge is 0.478 e. The standard InChI is InChI=1S/C6H11NO3/c1-5(3-6(8)9)4-7-10-2/h3,7H,4H2,1-2H3,(H,8,9). The van der Waals surface area contributed by atoms with Gasteiger partial charge >= 0.3 is 5.97 Å². The second kappa shape index (κ2) is 4.96. The molecular weight excluding hydrogens is 134 g/mol. The Labute approximate surface area is 59.4 Å². The van der Waals surface area contributed by atoms with Crippen molar-refractivity contribution < 1.29 is 14.7 Å². The van der Waals surface area contributed by atoms with Crippen LogP contribution < -0.4 is 5.48 Å². The van der Waals surface area contributed by atoms with E-state index in [9.17, 15) is 4.79 Å². The quantitative estimate of drug-likeness (QED) is 0.437. The van der Waals surface area contributed by atoms with Gasteiger partial charge in [0.05, 0.1) is 7.11 Å². The van der Waals surface area contributed by atoms with E-state index in [-0.39, 0.29) is 0 Å². The van der Waals surface area contributed by atoms with E-state index in [0.717, 1.165) is 6.08 Å². The van der Waals surface area contributed by atoms with Crippen LogP contribution >= 0.6 is 0 Å². The molecule has 4 nitrogen and oxygen atoms in total. The predicted octanol–water partition coefficient (Wildman–Crippen LogP) is 0.168. The van der Waals surface area contributed by atoms with Gasteiger partial charge < -0.3 is 9.94 Å². The summed E-state index contributed by atoms with van der Waals surface area (Å²) in [6.45, 7) is 2.14. The van der Waals surface area contributed by atoms with E-state index in [4.69, 9.17) is 5.11 Å². The van der Waals surface area contributed by atoms with Crippen LogP contribution in [0.4, 0.5) is 0 Å². The molecule has 0 aliphatic carbocycles. The van der Waals surface area contributed by atoms with E-state index < -0.39 is 5.97 Å². The highest BCUT2D eigenvalue weighted by molar-refractivity contribution is 5.80. The molecule has 10 heavy (non-hydrogen) atoms. The lowest BCUT2D eigenvalue weighted by atomic mass is 10.3. The van der Waals surface area contributed by atoms with Crippen LogP contribution in [0.15, 0.2) is 11.6 Å². The van der Waals surface area contributed by atoms with Crippen LogP contribution in [0.1, 0.15) is 6.92 Å². The molecule has 0 aromatic heterocycles. The number of aliphatic carboxylic acids is 1. The molecule has 58 valence electrons. The van der Waals surface area contributed by atoms with Crippen LogP contribution in [0.25, 0.3) is 0 Å². The van der Waals surface area contributed by atoms with Crippen molar-refractivity contribution in [3.8, 4) is 0 Å². The Hall–Kier alpha value is -0.870. The van der Waals surface area contributed by atoms with Gasteiger partial charge in [-0.05, 0) is 12.5 Å². The van der Waals surface area contributed by atoms with Gasteiger partial charge in [-0.25, -0.2) is 4.79 Å². The lowest BCUT2D eigenvalue weighted by molar-refractivity contribution is -0.131. The van der Waals surface area contributed by atoms with Crippen molar-refractivity contribution in [3.63, 3.8) is 0 Å². The fraction of sp³-hybridized carbons (Fsp3) is 0.500. The first-order chi connectivity index (χ1) is 4.66. The zero-order chi connectivity index (χ0) is 7.98. The van der Waals surface area contributed by atoms with Crippen LogP contribution in [0.3, 0.4) is 0 Å². The topological polar surface area (TPSA) is 58.6 Å². The third-order valence-corrected chi connectivity index (χ3v) is 0.865. The minimum atomic E-state index is -0.935. The molecule has 0 spiro atoms. The van der Waals surface area contributed by atoms with Gasteiger partial charge in [-0.2, -0.15) is 5.48 Å². The summed E-state index contributed by atoms with van der Waals surface area (Å²) >= 11 is 0. The van der Waals surface area contributed by atoms with E-state index in [1.165, 1.54) is 7.11 Å². The second-order valence-electron chi connectivity index (χ2n) is 1.85. The fourth-order valence-corrected chi connectivity index (χ4v) is 0.448. The number of hydrogen-bond donors (Lipinski definition) is 2. The molecule has 0 aromatic carbocycles. The minimum absolute atomic E-state index is 0.433. The summed E-state index contributed by atoms with van der Waals surface area (Å²) in [4.78, 5) is 14.5. The van der Waals surface area contributed by atoms with Gasteiger partial charge in [0, 0.05) is 12.6 Å². The molecule has 0 unspecified atom stereocenters. The van der Waals surface area contributed by atoms with E-state index in [2.05, 4.69) is 10.3 Å². The lowest BCUT2D eigenvalue weighted by Gasteiger charge is -1.98. The van der Waals surface area contributed by atoms with E-state index >= 15 is 0 Å². The van der Waals surface area contributed by atoms with E-state index in [1.807, 2.05) is 0 Å². The monoisotopic (exact) mass is 145 g/mol. The van der Waals surface area contributed by atoms with Crippen molar-refractivity contribution in [2.45, 2.75) is 6.92 Å². The summed E-state index contributed by atoms with van der Waals surface area (Å²) in [6, 6.07) is 0. The first-order valence-corrected chi connectivity index (χ1v) is 2.82. The molecule has 0 fully saturated rings. The van der Waals surface area contributed by atoms with Crippen molar-refractivity contribution in [1.29, 1.82) is 0 Å². The molecule has 0 saturated heterocycles. The molecule has 0 aliphatic rings. The zero-order valence-electron chi connectivity index (χ0n) is 6.05. The maximum Gasteiger partial charge on any atom is 0.328 e. The molecule has 0 radical (unpaired) electrons. The number of hydroxylamine groups is 1. The average Bonchev–Trinajstić information content (AvgIpc) is 1.82. The normalized spacial score (nSPS) is 11.6. The maximum atomic E-state index is 10.0. The third kappa shape index (κ3) is 5.27. The summed E-state index contributed by atoms with van der Waals surface area (Å²) in [6.07, 6.45) is 1.13. The Morgan fingerprint density at radius 1 is 1.80 bits per heavy atom. The van der Waals surface area contributed by atoms with Gasteiger partial charge in [-0.1, -0.05) is 0 Å². The molecule has 0 amide bonds. The number of carboxylic acid groups (broad SMARTS) is 1. The molecule has 0 aromatic rings. The van der Waals surface area contributed by atoms with Crippen LogP contribution in [-0.2, 0) is 9.63 Å². The number of carbonyl (C=O) groups is 1. The molecule has 0 rings (SSSR count). The Kier molecular flexibility index (Phi) is 4.53. The maximum absolute atomic E-state index is 10.0. The molecule has 0 bridgehead atoms. The van der Waals surface area contributed by atoms with Gasteiger partial charge in [0.1, 0.15) is 0 Å². The highest BCUT2D eigenvalue weighted by Crippen LogP contribution is 1.88. The summed E-state index contributed by atoms with van der Waals surface area (Å²) in [5.74, 6) is -0.935. The summed E-state index contributed by atoms with van der Waals surface area (Å²) < 4.78 is 0. The molecule has 0 atom stereocenters. The molecule has 0 aliphatic heterocycles. The smallest absolute Gasteiger partial charge is 0.328 e. The highest BCUT2D eigenvalue weighted by atomic mass is 16.6. The van der Waals surface area contributed by atoms with Gasteiger partial charge in [0.2, 0.25) is 0 Å². The minimum Gasteiger partial charge on any atom is -0.478 e. The Bertz CT molecular complexity index is 142. The average molecular weight is 145 g/mol. The Morgan fingerprint density at radius 3 is 2.80 bits per heavy atom. The van der Waals surface area contributed by atoms with Crippen molar-refractivity contribution >= 4 is 5.97 Å². The van der Waals surface area contributed by atoms with Crippen molar-refractivity contribution in [3.05, 3.63) is 11.6 Å².